The first-order valence-corrected chi connectivity index (χ1v) is 8.78. The molecule has 0 heterocycles. The van der Waals surface area contributed by atoms with E-state index >= 15 is 0 Å². The molecule has 3 rings (SSSR count). The third kappa shape index (κ3) is 5.57. The Labute approximate surface area is 156 Å². The number of hydrogen-bond acceptors (Lipinski definition) is 3. The zero-order valence-corrected chi connectivity index (χ0v) is 14.6. The number of benzene rings is 2. The zero-order chi connectivity index (χ0) is 19.2. The summed E-state index contributed by atoms with van der Waals surface area (Å²) in [4.78, 5) is 35.5. The van der Waals surface area contributed by atoms with E-state index in [1.807, 2.05) is 18.2 Å². The van der Waals surface area contributed by atoms with Crippen LogP contribution in [0.2, 0.25) is 0 Å². The van der Waals surface area contributed by atoms with Crippen LogP contribution in [0.4, 0.5) is 16.2 Å². The van der Waals surface area contributed by atoms with Gasteiger partial charge in [0.1, 0.15) is 6.04 Å². The Kier molecular flexibility index (Phi) is 5.71. The minimum atomic E-state index is -1.02. The lowest BCUT2D eigenvalue weighted by Crippen LogP contribution is -2.41. The number of aliphatic carboxylic acids is 1. The molecule has 0 aromatic heterocycles. The highest BCUT2D eigenvalue weighted by Crippen LogP contribution is 2.33. The van der Waals surface area contributed by atoms with Crippen molar-refractivity contribution in [3.8, 4) is 0 Å². The predicted molar refractivity (Wildman–Crippen MR) is 102 cm³/mol. The summed E-state index contributed by atoms with van der Waals surface area (Å²) in [5, 5.41) is 17.2. The van der Waals surface area contributed by atoms with Gasteiger partial charge in [-0.1, -0.05) is 31.0 Å². The predicted octanol–water partition coefficient (Wildman–Crippen LogP) is 3.31. The number of urea groups is 1. The minimum Gasteiger partial charge on any atom is -0.480 e. The van der Waals surface area contributed by atoms with Gasteiger partial charge in [-0.2, -0.15) is 0 Å². The van der Waals surface area contributed by atoms with Crippen LogP contribution < -0.4 is 16.0 Å². The Morgan fingerprint density at radius 3 is 2.07 bits per heavy atom. The summed E-state index contributed by atoms with van der Waals surface area (Å²) in [5.74, 6) is -1.07. The summed E-state index contributed by atoms with van der Waals surface area (Å²) in [6.45, 7) is 0. The maximum absolute atomic E-state index is 12.3. The first-order chi connectivity index (χ1) is 13.0. The Morgan fingerprint density at radius 1 is 0.926 bits per heavy atom. The molecule has 7 nitrogen and oxygen atoms in total. The number of rotatable bonds is 7. The fourth-order valence-electron chi connectivity index (χ4n) is 2.67. The highest BCUT2D eigenvalue weighted by molar-refractivity contribution is 6.00. The standard InChI is InChI=1S/C20H21N3O4/c24-18(23-17(19(25)26)12-13-6-7-13)14-8-10-16(11-9-14)22-20(27)21-15-4-2-1-3-5-15/h1-5,8-11,13,17H,6-7,12H2,(H,23,24)(H,25,26)(H2,21,22,27). The van der Waals surface area contributed by atoms with Crippen LogP contribution >= 0.6 is 0 Å². The first kappa shape index (κ1) is 18.4. The number of hydrogen-bond donors (Lipinski definition) is 4. The Balaban J connectivity index is 1.55. The molecule has 3 amide bonds. The van der Waals surface area contributed by atoms with Gasteiger partial charge in [-0.25, -0.2) is 9.59 Å². The number of para-hydroxylation sites is 1. The zero-order valence-electron chi connectivity index (χ0n) is 14.6. The average Bonchev–Trinajstić information content (AvgIpc) is 3.46. The Hall–Kier alpha value is -3.35. The van der Waals surface area contributed by atoms with Crippen molar-refractivity contribution in [3.63, 3.8) is 0 Å². The largest absolute Gasteiger partial charge is 0.480 e. The van der Waals surface area contributed by atoms with E-state index in [0.717, 1.165) is 12.8 Å². The monoisotopic (exact) mass is 367 g/mol. The van der Waals surface area contributed by atoms with Crippen molar-refractivity contribution in [2.75, 3.05) is 10.6 Å². The second kappa shape index (κ2) is 8.35. The van der Waals surface area contributed by atoms with Gasteiger partial charge in [-0.05, 0) is 48.7 Å². The number of carboxylic acids is 1. The van der Waals surface area contributed by atoms with Crippen molar-refractivity contribution in [2.24, 2.45) is 5.92 Å². The van der Waals surface area contributed by atoms with Crippen LogP contribution in [0.3, 0.4) is 0 Å². The van der Waals surface area contributed by atoms with Gasteiger partial charge in [0.2, 0.25) is 0 Å². The molecule has 1 aliphatic carbocycles. The minimum absolute atomic E-state index is 0.339. The van der Waals surface area contributed by atoms with E-state index in [-0.39, 0.29) is 0 Å². The molecule has 4 N–H and O–H groups in total. The molecule has 0 spiro atoms. The van der Waals surface area contributed by atoms with Gasteiger partial charge >= 0.3 is 12.0 Å². The summed E-state index contributed by atoms with van der Waals surface area (Å²) in [6, 6.07) is 14.0. The maximum atomic E-state index is 12.3. The number of amides is 3. The van der Waals surface area contributed by atoms with E-state index in [0.29, 0.717) is 29.3 Å². The highest BCUT2D eigenvalue weighted by atomic mass is 16.4. The summed E-state index contributed by atoms with van der Waals surface area (Å²) in [7, 11) is 0. The molecule has 2 aromatic carbocycles. The summed E-state index contributed by atoms with van der Waals surface area (Å²) < 4.78 is 0. The normalized spacial score (nSPS) is 14.1. The summed E-state index contributed by atoms with van der Waals surface area (Å²) in [5.41, 5.74) is 1.53. The number of carboxylic acid groups (broad SMARTS) is 1. The topological polar surface area (TPSA) is 108 Å². The molecular formula is C20H21N3O4. The van der Waals surface area contributed by atoms with Crippen LogP contribution in [0.1, 0.15) is 29.6 Å². The lowest BCUT2D eigenvalue weighted by Gasteiger charge is -2.14. The van der Waals surface area contributed by atoms with Crippen LogP contribution in [0.15, 0.2) is 54.6 Å². The maximum Gasteiger partial charge on any atom is 0.326 e. The molecule has 1 aliphatic rings. The van der Waals surface area contributed by atoms with Gasteiger partial charge in [-0.15, -0.1) is 0 Å². The van der Waals surface area contributed by atoms with Gasteiger partial charge in [0.05, 0.1) is 0 Å². The molecule has 140 valence electrons. The smallest absolute Gasteiger partial charge is 0.326 e. The molecule has 7 heteroatoms. The number of carbonyl (C=O) groups excluding carboxylic acids is 2. The molecule has 1 atom stereocenters. The highest BCUT2D eigenvalue weighted by Gasteiger charge is 2.30. The van der Waals surface area contributed by atoms with Crippen LogP contribution in [-0.2, 0) is 4.79 Å². The number of anilines is 2. The Morgan fingerprint density at radius 2 is 1.52 bits per heavy atom. The van der Waals surface area contributed by atoms with Gasteiger partial charge < -0.3 is 21.1 Å². The van der Waals surface area contributed by atoms with Crippen molar-refractivity contribution in [1.29, 1.82) is 0 Å². The van der Waals surface area contributed by atoms with Crippen LogP contribution in [0, 0.1) is 5.92 Å². The lowest BCUT2D eigenvalue weighted by molar-refractivity contribution is -0.139. The molecular weight excluding hydrogens is 346 g/mol. The van der Waals surface area contributed by atoms with E-state index < -0.39 is 23.9 Å². The summed E-state index contributed by atoms with van der Waals surface area (Å²) >= 11 is 0. The van der Waals surface area contributed by atoms with Gasteiger partial charge in [0.25, 0.3) is 5.91 Å². The third-order valence-corrected chi connectivity index (χ3v) is 4.31. The van der Waals surface area contributed by atoms with Crippen molar-refractivity contribution >= 4 is 29.3 Å². The summed E-state index contributed by atoms with van der Waals surface area (Å²) in [6.07, 6.45) is 2.50. The molecule has 0 radical (unpaired) electrons. The van der Waals surface area contributed by atoms with E-state index in [4.69, 9.17) is 0 Å². The molecule has 1 unspecified atom stereocenters. The number of nitrogens with one attached hydrogen (secondary N) is 3. The van der Waals surface area contributed by atoms with Crippen LogP contribution in [0.5, 0.6) is 0 Å². The Bertz CT molecular complexity index is 817. The van der Waals surface area contributed by atoms with Gasteiger partial charge in [0.15, 0.2) is 0 Å². The van der Waals surface area contributed by atoms with E-state index in [1.165, 1.54) is 0 Å². The van der Waals surface area contributed by atoms with Crippen molar-refractivity contribution in [3.05, 3.63) is 60.2 Å². The van der Waals surface area contributed by atoms with Crippen molar-refractivity contribution in [2.45, 2.75) is 25.3 Å². The second-order valence-corrected chi connectivity index (χ2v) is 6.57. The molecule has 27 heavy (non-hydrogen) atoms. The lowest BCUT2D eigenvalue weighted by atomic mass is 10.1. The molecule has 0 saturated heterocycles. The molecule has 2 aromatic rings. The third-order valence-electron chi connectivity index (χ3n) is 4.31. The fourth-order valence-corrected chi connectivity index (χ4v) is 2.67. The van der Waals surface area contributed by atoms with E-state index in [2.05, 4.69) is 16.0 Å². The van der Waals surface area contributed by atoms with Crippen molar-refractivity contribution < 1.29 is 19.5 Å². The van der Waals surface area contributed by atoms with Gasteiger partial charge in [0, 0.05) is 16.9 Å². The average molecular weight is 367 g/mol. The quantitative estimate of drug-likeness (QED) is 0.602. The van der Waals surface area contributed by atoms with Crippen LogP contribution in [0.25, 0.3) is 0 Å². The van der Waals surface area contributed by atoms with Crippen molar-refractivity contribution in [1.82, 2.24) is 5.32 Å². The molecule has 1 fully saturated rings. The molecule has 0 aliphatic heterocycles. The SMILES string of the molecule is O=C(Nc1ccccc1)Nc1ccc(C(=O)NC(CC2CC2)C(=O)O)cc1. The molecule has 1 saturated carbocycles. The van der Waals surface area contributed by atoms with E-state index in [1.54, 1.807) is 36.4 Å². The van der Waals surface area contributed by atoms with E-state index in [9.17, 15) is 19.5 Å². The van der Waals surface area contributed by atoms with Gasteiger partial charge in [-0.3, -0.25) is 4.79 Å². The molecule has 0 bridgehead atoms. The van der Waals surface area contributed by atoms with Crippen LogP contribution in [-0.4, -0.2) is 29.1 Å². The second-order valence-electron chi connectivity index (χ2n) is 6.57. The first-order valence-electron chi connectivity index (χ1n) is 8.78. The number of carbonyl (C=O) groups is 3. The fraction of sp³-hybridized carbons (Fsp3) is 0.250.